The third-order valence-electron chi connectivity index (χ3n) is 5.67. The van der Waals surface area contributed by atoms with Gasteiger partial charge in [0.25, 0.3) is 0 Å². The molecule has 0 aliphatic carbocycles. The van der Waals surface area contributed by atoms with Gasteiger partial charge in [-0.3, -0.25) is 14.7 Å². The van der Waals surface area contributed by atoms with Crippen molar-refractivity contribution in [1.29, 1.82) is 0 Å². The first kappa shape index (κ1) is 21.5. The Morgan fingerprint density at radius 1 is 0.935 bits per heavy atom. The average molecular weight is 434 g/mol. The van der Waals surface area contributed by atoms with Crippen molar-refractivity contribution in [3.8, 4) is 11.4 Å². The number of halogens is 3. The van der Waals surface area contributed by atoms with E-state index in [2.05, 4.69) is 19.9 Å². The summed E-state index contributed by atoms with van der Waals surface area (Å²) in [5.41, 5.74) is -0.482. The fraction of sp³-hybridized carbons (Fsp3) is 0.524. The Kier molecular flexibility index (Phi) is 6.35. The highest BCUT2D eigenvalue weighted by Gasteiger charge is 2.34. The largest absolute Gasteiger partial charge is 0.433 e. The van der Waals surface area contributed by atoms with Crippen LogP contribution in [0.4, 0.5) is 19.0 Å². The number of carbonyl (C=O) groups excluding carboxylic acids is 1. The maximum atomic E-state index is 13.5. The van der Waals surface area contributed by atoms with Crippen molar-refractivity contribution < 1.29 is 18.0 Å². The van der Waals surface area contributed by atoms with Gasteiger partial charge in [-0.2, -0.15) is 13.2 Å². The predicted octanol–water partition coefficient (Wildman–Crippen LogP) is 2.69. The molecule has 7 nitrogen and oxygen atoms in total. The second kappa shape index (κ2) is 9.17. The predicted molar refractivity (Wildman–Crippen MR) is 109 cm³/mol. The van der Waals surface area contributed by atoms with Gasteiger partial charge in [0.05, 0.1) is 6.54 Å². The van der Waals surface area contributed by atoms with Gasteiger partial charge in [-0.1, -0.05) is 0 Å². The minimum absolute atomic E-state index is 0.0255. The molecule has 2 aliphatic heterocycles. The summed E-state index contributed by atoms with van der Waals surface area (Å²) in [5.74, 6) is 0.409. The van der Waals surface area contributed by atoms with E-state index in [9.17, 15) is 18.0 Å². The second-order valence-electron chi connectivity index (χ2n) is 7.87. The molecular weight excluding hydrogens is 409 g/mol. The molecule has 4 heterocycles. The normalized spacial score (nSPS) is 18.3. The third-order valence-corrected chi connectivity index (χ3v) is 5.67. The first-order valence-corrected chi connectivity index (χ1v) is 10.5. The van der Waals surface area contributed by atoms with Crippen LogP contribution in [-0.4, -0.2) is 76.5 Å². The maximum absolute atomic E-state index is 13.5. The van der Waals surface area contributed by atoms with Crippen molar-refractivity contribution in [2.24, 2.45) is 0 Å². The van der Waals surface area contributed by atoms with Crippen LogP contribution in [0.25, 0.3) is 11.4 Å². The Morgan fingerprint density at radius 2 is 1.68 bits per heavy atom. The number of pyridine rings is 1. The molecule has 0 spiro atoms. The molecule has 0 atom stereocenters. The second-order valence-corrected chi connectivity index (χ2v) is 7.87. The van der Waals surface area contributed by atoms with E-state index in [1.807, 2.05) is 9.80 Å². The van der Waals surface area contributed by atoms with E-state index < -0.39 is 11.9 Å². The van der Waals surface area contributed by atoms with E-state index in [0.29, 0.717) is 31.7 Å². The SMILES string of the molecule is O=C(CN1CCCN(c2cc(C(F)(F)F)nc(-c3ccncc3)n2)CC1)N1CCCC1. The molecule has 2 aromatic rings. The summed E-state index contributed by atoms with van der Waals surface area (Å²) in [5, 5.41) is 0. The standard InChI is InChI=1S/C21H25F3N6O/c22-21(23,24)17-14-18(27-20(26-17)16-4-6-25-7-5-16)29-11-3-8-28(12-13-29)15-19(31)30-9-1-2-10-30/h4-7,14H,1-3,8-13,15H2. The molecule has 1 amide bonds. The summed E-state index contributed by atoms with van der Waals surface area (Å²) in [6.07, 6.45) is 1.27. The zero-order valence-corrected chi connectivity index (χ0v) is 17.2. The van der Waals surface area contributed by atoms with Crippen LogP contribution < -0.4 is 4.90 Å². The number of likely N-dealkylation sites (tertiary alicyclic amines) is 1. The van der Waals surface area contributed by atoms with Gasteiger partial charge in [-0.25, -0.2) is 9.97 Å². The van der Waals surface area contributed by atoms with Crippen molar-refractivity contribution in [2.45, 2.75) is 25.4 Å². The molecule has 0 saturated carbocycles. The van der Waals surface area contributed by atoms with Gasteiger partial charge in [0, 0.05) is 63.3 Å². The Hall–Kier alpha value is -2.75. The number of hydrogen-bond donors (Lipinski definition) is 0. The molecule has 166 valence electrons. The zero-order valence-electron chi connectivity index (χ0n) is 17.2. The molecule has 2 saturated heterocycles. The highest BCUT2D eigenvalue weighted by atomic mass is 19.4. The zero-order chi connectivity index (χ0) is 21.8. The van der Waals surface area contributed by atoms with E-state index in [1.165, 1.54) is 12.4 Å². The van der Waals surface area contributed by atoms with Crippen molar-refractivity contribution >= 4 is 11.7 Å². The molecule has 4 rings (SSSR count). The number of nitrogens with zero attached hydrogens (tertiary/aromatic N) is 6. The number of anilines is 1. The topological polar surface area (TPSA) is 65.5 Å². The summed E-state index contributed by atoms with van der Waals surface area (Å²) in [4.78, 5) is 30.3. The van der Waals surface area contributed by atoms with Gasteiger partial charge in [-0.15, -0.1) is 0 Å². The van der Waals surface area contributed by atoms with Gasteiger partial charge < -0.3 is 9.80 Å². The van der Waals surface area contributed by atoms with E-state index in [-0.39, 0.29) is 17.5 Å². The van der Waals surface area contributed by atoms with Gasteiger partial charge in [-0.05, 0) is 31.4 Å². The lowest BCUT2D eigenvalue weighted by Gasteiger charge is -2.25. The van der Waals surface area contributed by atoms with Crippen LogP contribution in [0.3, 0.4) is 0 Å². The maximum Gasteiger partial charge on any atom is 0.433 e. The molecule has 2 aliphatic rings. The van der Waals surface area contributed by atoms with Crippen LogP contribution in [-0.2, 0) is 11.0 Å². The molecule has 0 radical (unpaired) electrons. The van der Waals surface area contributed by atoms with Crippen LogP contribution in [0.1, 0.15) is 25.0 Å². The molecule has 10 heteroatoms. The molecule has 0 unspecified atom stereocenters. The van der Waals surface area contributed by atoms with Crippen LogP contribution in [0.2, 0.25) is 0 Å². The molecule has 0 aromatic carbocycles. The van der Waals surface area contributed by atoms with Crippen LogP contribution in [0.5, 0.6) is 0 Å². The smallest absolute Gasteiger partial charge is 0.355 e. The highest BCUT2D eigenvalue weighted by molar-refractivity contribution is 5.78. The minimum Gasteiger partial charge on any atom is -0.355 e. The van der Waals surface area contributed by atoms with Crippen LogP contribution in [0.15, 0.2) is 30.6 Å². The Bertz CT molecular complexity index is 902. The lowest BCUT2D eigenvalue weighted by molar-refractivity contribution is -0.141. The summed E-state index contributed by atoms with van der Waals surface area (Å²) in [6, 6.07) is 4.19. The Labute approximate surface area is 178 Å². The summed E-state index contributed by atoms with van der Waals surface area (Å²) >= 11 is 0. The Balaban J connectivity index is 1.51. The third kappa shape index (κ3) is 5.30. The first-order valence-electron chi connectivity index (χ1n) is 10.5. The minimum atomic E-state index is -4.57. The molecule has 2 fully saturated rings. The lowest BCUT2D eigenvalue weighted by atomic mass is 10.2. The molecule has 2 aromatic heterocycles. The first-order chi connectivity index (χ1) is 14.9. The molecule has 31 heavy (non-hydrogen) atoms. The monoisotopic (exact) mass is 434 g/mol. The van der Waals surface area contributed by atoms with E-state index in [0.717, 1.165) is 45.0 Å². The van der Waals surface area contributed by atoms with E-state index >= 15 is 0 Å². The number of aromatic nitrogens is 3. The summed E-state index contributed by atoms with van der Waals surface area (Å²) < 4.78 is 40.5. The molecule has 0 bridgehead atoms. The quantitative estimate of drug-likeness (QED) is 0.737. The fourth-order valence-electron chi connectivity index (χ4n) is 3.99. The molecular formula is C21H25F3N6O. The van der Waals surface area contributed by atoms with Crippen molar-refractivity contribution in [3.63, 3.8) is 0 Å². The molecule has 0 N–H and O–H groups in total. The fourth-order valence-corrected chi connectivity index (χ4v) is 3.99. The number of amides is 1. The van der Waals surface area contributed by atoms with Crippen LogP contribution >= 0.6 is 0 Å². The van der Waals surface area contributed by atoms with Crippen molar-refractivity contribution in [2.75, 3.05) is 50.7 Å². The number of carbonyl (C=O) groups is 1. The lowest BCUT2D eigenvalue weighted by Crippen LogP contribution is -2.40. The van der Waals surface area contributed by atoms with Crippen molar-refractivity contribution in [3.05, 3.63) is 36.3 Å². The Morgan fingerprint density at radius 3 is 2.39 bits per heavy atom. The number of rotatable bonds is 4. The van der Waals surface area contributed by atoms with Gasteiger partial charge in [0.1, 0.15) is 5.82 Å². The van der Waals surface area contributed by atoms with E-state index in [4.69, 9.17) is 0 Å². The van der Waals surface area contributed by atoms with Gasteiger partial charge >= 0.3 is 6.18 Å². The van der Waals surface area contributed by atoms with Crippen LogP contribution in [0, 0.1) is 0 Å². The number of hydrogen-bond acceptors (Lipinski definition) is 6. The highest BCUT2D eigenvalue weighted by Crippen LogP contribution is 2.32. The average Bonchev–Trinajstić information content (AvgIpc) is 3.21. The van der Waals surface area contributed by atoms with Gasteiger partial charge in [0.15, 0.2) is 11.5 Å². The summed E-state index contributed by atoms with van der Waals surface area (Å²) in [6.45, 7) is 4.37. The van der Waals surface area contributed by atoms with E-state index in [1.54, 1.807) is 12.1 Å². The summed E-state index contributed by atoms with van der Waals surface area (Å²) in [7, 11) is 0. The van der Waals surface area contributed by atoms with Crippen molar-refractivity contribution in [1.82, 2.24) is 24.8 Å². The number of alkyl halides is 3. The van der Waals surface area contributed by atoms with Gasteiger partial charge in [0.2, 0.25) is 5.91 Å².